The van der Waals surface area contributed by atoms with Crippen molar-refractivity contribution in [2.24, 2.45) is 0 Å². The molecule has 0 spiro atoms. The molecule has 0 radical (unpaired) electrons. The Kier molecular flexibility index (Phi) is 4.31. The molecule has 2 heterocycles. The monoisotopic (exact) mass is 344 g/mol. The van der Waals surface area contributed by atoms with E-state index in [2.05, 4.69) is 10.1 Å². The smallest absolute Gasteiger partial charge is 0.261 e. The maximum atomic E-state index is 13.3. The van der Waals surface area contributed by atoms with Crippen LogP contribution in [0.15, 0.2) is 48.8 Å². The summed E-state index contributed by atoms with van der Waals surface area (Å²) in [5.41, 5.74) is 1.60. The molecule has 0 fully saturated rings. The summed E-state index contributed by atoms with van der Waals surface area (Å²) in [6.45, 7) is 1.79. The average Bonchev–Trinajstić information content (AvgIpc) is 2.98. The van der Waals surface area contributed by atoms with Crippen molar-refractivity contribution >= 4 is 23.2 Å². The highest BCUT2D eigenvalue weighted by molar-refractivity contribution is 6.31. The lowest BCUT2D eigenvalue weighted by Crippen LogP contribution is -2.26. The summed E-state index contributed by atoms with van der Waals surface area (Å²) in [5, 5.41) is 4.20. The Hall–Kier alpha value is -2.73. The van der Waals surface area contributed by atoms with Gasteiger partial charge in [-0.1, -0.05) is 17.7 Å². The molecule has 7 heteroatoms. The van der Waals surface area contributed by atoms with Crippen LogP contribution in [0, 0.1) is 12.7 Å². The number of pyridine rings is 1. The van der Waals surface area contributed by atoms with Crippen molar-refractivity contribution < 1.29 is 9.18 Å². The van der Waals surface area contributed by atoms with Gasteiger partial charge in [0.1, 0.15) is 5.82 Å². The molecular weight excluding hydrogens is 331 g/mol. The molecule has 0 aliphatic carbocycles. The van der Waals surface area contributed by atoms with Crippen molar-refractivity contribution in [1.29, 1.82) is 0 Å². The van der Waals surface area contributed by atoms with Crippen molar-refractivity contribution in [3.8, 4) is 5.82 Å². The first kappa shape index (κ1) is 16.1. The first-order valence-corrected chi connectivity index (χ1v) is 7.56. The molecule has 0 atom stereocenters. The quantitative estimate of drug-likeness (QED) is 0.728. The first-order valence-electron chi connectivity index (χ1n) is 7.18. The van der Waals surface area contributed by atoms with E-state index in [9.17, 15) is 9.18 Å². The molecule has 0 aliphatic rings. The third-order valence-corrected chi connectivity index (χ3v) is 3.99. The van der Waals surface area contributed by atoms with Gasteiger partial charge in [-0.15, -0.1) is 0 Å². The van der Waals surface area contributed by atoms with Gasteiger partial charge in [0.05, 0.1) is 22.5 Å². The third kappa shape index (κ3) is 2.88. The van der Waals surface area contributed by atoms with Crippen LogP contribution in [0.5, 0.6) is 0 Å². The lowest BCUT2D eigenvalue weighted by molar-refractivity contribution is 0.0992. The number of carbonyl (C=O) groups excluding carboxylic acids is 1. The minimum atomic E-state index is -0.527. The van der Waals surface area contributed by atoms with E-state index in [1.807, 2.05) is 6.07 Å². The van der Waals surface area contributed by atoms with Crippen LogP contribution in [-0.2, 0) is 0 Å². The second kappa shape index (κ2) is 6.41. The molecule has 2 aromatic heterocycles. The summed E-state index contributed by atoms with van der Waals surface area (Å²) >= 11 is 5.79. The maximum Gasteiger partial charge on any atom is 0.261 e. The number of carbonyl (C=O) groups is 1. The molecule has 3 rings (SSSR count). The molecular formula is C17H14ClFN4O. The van der Waals surface area contributed by atoms with Crippen LogP contribution in [0.2, 0.25) is 5.02 Å². The van der Waals surface area contributed by atoms with Gasteiger partial charge in [0.2, 0.25) is 0 Å². The first-order chi connectivity index (χ1) is 11.5. The van der Waals surface area contributed by atoms with Crippen molar-refractivity contribution in [1.82, 2.24) is 14.8 Å². The van der Waals surface area contributed by atoms with Crippen LogP contribution < -0.4 is 4.90 Å². The minimum Gasteiger partial charge on any atom is -0.311 e. The molecule has 1 amide bonds. The van der Waals surface area contributed by atoms with E-state index in [0.717, 1.165) is 0 Å². The van der Waals surface area contributed by atoms with Crippen LogP contribution in [0.3, 0.4) is 0 Å². The number of anilines is 1. The summed E-state index contributed by atoms with van der Waals surface area (Å²) in [7, 11) is 1.60. The number of aromatic nitrogens is 3. The molecule has 0 aliphatic heterocycles. The van der Waals surface area contributed by atoms with E-state index in [0.29, 0.717) is 22.8 Å². The van der Waals surface area contributed by atoms with Crippen molar-refractivity contribution in [3.05, 3.63) is 70.9 Å². The number of amides is 1. The molecule has 0 saturated heterocycles. The summed E-state index contributed by atoms with van der Waals surface area (Å²) in [6.07, 6.45) is 3.15. The highest BCUT2D eigenvalue weighted by atomic mass is 35.5. The standard InChI is InChI=1S/C17H14ClFN4O/c1-11-13(10-21-23(11)16-5-3-4-8-20-16)17(24)22(2)12-6-7-15(19)14(18)9-12/h3-10H,1-2H3. The Labute approximate surface area is 143 Å². The van der Waals surface area contributed by atoms with Crippen molar-refractivity contribution in [2.45, 2.75) is 6.92 Å². The van der Waals surface area contributed by atoms with E-state index in [4.69, 9.17) is 11.6 Å². The molecule has 0 bridgehead atoms. The maximum absolute atomic E-state index is 13.3. The summed E-state index contributed by atoms with van der Waals surface area (Å²) < 4.78 is 14.9. The molecule has 0 unspecified atom stereocenters. The Morgan fingerprint density at radius 1 is 1.29 bits per heavy atom. The van der Waals surface area contributed by atoms with Crippen molar-refractivity contribution in [2.75, 3.05) is 11.9 Å². The van der Waals surface area contributed by atoms with Gasteiger partial charge >= 0.3 is 0 Å². The summed E-state index contributed by atoms with van der Waals surface area (Å²) in [5.74, 6) is -0.167. The van der Waals surface area contributed by atoms with Crippen LogP contribution in [0.4, 0.5) is 10.1 Å². The van der Waals surface area contributed by atoms with Gasteiger partial charge in [-0.25, -0.2) is 14.1 Å². The lowest BCUT2D eigenvalue weighted by atomic mass is 10.2. The topological polar surface area (TPSA) is 51.0 Å². The molecule has 24 heavy (non-hydrogen) atoms. The van der Waals surface area contributed by atoms with Gasteiger partial charge in [-0.05, 0) is 37.3 Å². The van der Waals surface area contributed by atoms with Crippen LogP contribution in [0.25, 0.3) is 5.82 Å². The number of rotatable bonds is 3. The molecule has 5 nitrogen and oxygen atoms in total. The number of hydrogen-bond donors (Lipinski definition) is 0. The van der Waals surface area contributed by atoms with Gasteiger partial charge < -0.3 is 4.90 Å². The van der Waals surface area contributed by atoms with Gasteiger partial charge in [0.25, 0.3) is 5.91 Å². The highest BCUT2D eigenvalue weighted by Gasteiger charge is 2.20. The number of halogens is 2. The fourth-order valence-electron chi connectivity index (χ4n) is 2.32. The predicted octanol–water partition coefficient (Wildman–Crippen LogP) is 3.64. The lowest BCUT2D eigenvalue weighted by Gasteiger charge is -2.17. The second-order valence-corrected chi connectivity index (χ2v) is 5.61. The minimum absolute atomic E-state index is 0.0342. The molecule has 1 aromatic carbocycles. The van der Waals surface area contributed by atoms with E-state index in [-0.39, 0.29) is 10.9 Å². The molecule has 0 saturated carbocycles. The van der Waals surface area contributed by atoms with E-state index < -0.39 is 5.82 Å². The molecule has 0 N–H and O–H groups in total. The fraction of sp³-hybridized carbons (Fsp3) is 0.118. The summed E-state index contributed by atoms with van der Waals surface area (Å²) in [4.78, 5) is 18.3. The average molecular weight is 345 g/mol. The zero-order chi connectivity index (χ0) is 17.3. The van der Waals surface area contributed by atoms with Gasteiger partial charge in [-0.3, -0.25) is 4.79 Å². The zero-order valence-electron chi connectivity index (χ0n) is 13.1. The van der Waals surface area contributed by atoms with Gasteiger partial charge in [0, 0.05) is 18.9 Å². The normalized spacial score (nSPS) is 10.7. The SMILES string of the molecule is Cc1c(C(=O)N(C)c2ccc(F)c(Cl)c2)cnn1-c1ccccn1. The summed E-state index contributed by atoms with van der Waals surface area (Å²) in [6, 6.07) is 9.59. The van der Waals surface area contributed by atoms with Gasteiger partial charge in [-0.2, -0.15) is 5.10 Å². The van der Waals surface area contributed by atoms with E-state index in [1.165, 1.54) is 29.3 Å². The Balaban J connectivity index is 1.93. The number of hydrogen-bond acceptors (Lipinski definition) is 3. The largest absolute Gasteiger partial charge is 0.311 e. The van der Waals surface area contributed by atoms with E-state index >= 15 is 0 Å². The Bertz CT molecular complexity index is 895. The van der Waals surface area contributed by atoms with Gasteiger partial charge in [0.15, 0.2) is 5.82 Å². The number of nitrogens with zero attached hydrogens (tertiary/aromatic N) is 4. The number of benzene rings is 1. The zero-order valence-corrected chi connectivity index (χ0v) is 13.8. The highest BCUT2D eigenvalue weighted by Crippen LogP contribution is 2.24. The van der Waals surface area contributed by atoms with Crippen LogP contribution in [-0.4, -0.2) is 27.7 Å². The van der Waals surface area contributed by atoms with Crippen LogP contribution >= 0.6 is 11.6 Å². The Morgan fingerprint density at radius 2 is 2.08 bits per heavy atom. The van der Waals surface area contributed by atoms with Crippen molar-refractivity contribution in [3.63, 3.8) is 0 Å². The second-order valence-electron chi connectivity index (χ2n) is 5.21. The third-order valence-electron chi connectivity index (χ3n) is 3.70. The fourth-order valence-corrected chi connectivity index (χ4v) is 2.50. The predicted molar refractivity (Wildman–Crippen MR) is 90.2 cm³/mol. The Morgan fingerprint density at radius 3 is 2.75 bits per heavy atom. The molecule has 122 valence electrons. The van der Waals surface area contributed by atoms with Crippen LogP contribution in [0.1, 0.15) is 16.1 Å². The molecule has 3 aromatic rings. The van der Waals surface area contributed by atoms with E-state index in [1.54, 1.807) is 37.0 Å².